The Labute approximate surface area is 146 Å². The number of ether oxygens (including phenoxy) is 1. The molecule has 0 aliphatic heterocycles. The molecule has 0 saturated carbocycles. The molecule has 0 saturated heterocycles. The van der Waals surface area contributed by atoms with Crippen LogP contribution in [0.4, 0.5) is 4.39 Å². The summed E-state index contributed by atoms with van der Waals surface area (Å²) in [6.45, 7) is 1.55. The molecule has 132 valence electrons. The molecule has 2 unspecified atom stereocenters. The Morgan fingerprint density at radius 1 is 1.44 bits per heavy atom. The monoisotopic (exact) mass is 363 g/mol. The predicted octanol–water partition coefficient (Wildman–Crippen LogP) is 2.91. The number of aliphatic hydroxyl groups excluding tert-OH is 1. The largest absolute Gasteiger partial charge is 0.486 e. The minimum Gasteiger partial charge on any atom is -0.486 e. The number of aliphatic hydroxyl groups is 1. The molecule has 0 fully saturated rings. The SMILES string of the molecule is CCS(=O)(=O)c1ccc(OC2C=C(C#N)C=C(F)C2)c2c1C(O)CC2. The molecule has 0 spiro atoms. The fourth-order valence-corrected chi connectivity index (χ4v) is 4.43. The van der Waals surface area contributed by atoms with Crippen LogP contribution in [0.25, 0.3) is 0 Å². The van der Waals surface area contributed by atoms with Gasteiger partial charge in [-0.15, -0.1) is 0 Å². The highest BCUT2D eigenvalue weighted by molar-refractivity contribution is 7.91. The summed E-state index contributed by atoms with van der Waals surface area (Å²) in [7, 11) is -3.47. The number of fused-ring (bicyclic) bond motifs is 1. The third-order valence-electron chi connectivity index (χ3n) is 4.47. The molecule has 3 rings (SSSR count). The van der Waals surface area contributed by atoms with Crippen LogP contribution in [0.2, 0.25) is 0 Å². The number of nitriles is 1. The van der Waals surface area contributed by atoms with E-state index < -0.39 is 27.9 Å². The Balaban J connectivity index is 1.99. The topological polar surface area (TPSA) is 87.4 Å². The molecule has 25 heavy (non-hydrogen) atoms. The molecule has 5 nitrogen and oxygen atoms in total. The van der Waals surface area contributed by atoms with Gasteiger partial charge in [0.25, 0.3) is 0 Å². The molecule has 1 aromatic rings. The van der Waals surface area contributed by atoms with Crippen molar-refractivity contribution in [3.8, 4) is 11.8 Å². The fourth-order valence-electron chi connectivity index (χ4n) is 3.24. The van der Waals surface area contributed by atoms with Crippen molar-refractivity contribution in [3.05, 3.63) is 46.8 Å². The summed E-state index contributed by atoms with van der Waals surface area (Å²) >= 11 is 0. The van der Waals surface area contributed by atoms with Crippen LogP contribution in [-0.4, -0.2) is 25.4 Å². The van der Waals surface area contributed by atoms with Gasteiger partial charge < -0.3 is 9.84 Å². The molecular weight excluding hydrogens is 345 g/mol. The molecule has 2 aliphatic rings. The Kier molecular flexibility index (Phi) is 4.67. The second-order valence-corrected chi connectivity index (χ2v) is 8.34. The zero-order valence-electron chi connectivity index (χ0n) is 13.7. The number of nitrogens with zero attached hydrogens (tertiary/aromatic N) is 1. The van der Waals surface area contributed by atoms with E-state index in [4.69, 9.17) is 10.00 Å². The smallest absolute Gasteiger partial charge is 0.178 e. The zero-order chi connectivity index (χ0) is 18.2. The maximum absolute atomic E-state index is 13.6. The average molecular weight is 363 g/mol. The van der Waals surface area contributed by atoms with Crippen LogP contribution < -0.4 is 4.74 Å². The molecule has 0 amide bonds. The minimum atomic E-state index is -3.47. The quantitative estimate of drug-likeness (QED) is 0.889. The summed E-state index contributed by atoms with van der Waals surface area (Å²) in [5.74, 6) is -0.0695. The standard InChI is InChI=1S/C18H18FNO4S/c1-2-25(22,23)17-6-5-16(14-3-4-15(21)18(14)17)24-13-8-11(10-20)7-12(19)9-13/h5-8,13,15,21H,2-4,9H2,1H3. The third-order valence-corrected chi connectivity index (χ3v) is 6.26. The second kappa shape index (κ2) is 6.62. The summed E-state index contributed by atoms with van der Waals surface area (Å²) in [5, 5.41) is 19.2. The van der Waals surface area contributed by atoms with Crippen LogP contribution in [0.3, 0.4) is 0 Å². The first-order valence-electron chi connectivity index (χ1n) is 8.07. The molecule has 0 radical (unpaired) electrons. The molecule has 2 atom stereocenters. The van der Waals surface area contributed by atoms with Gasteiger partial charge in [-0.25, -0.2) is 12.8 Å². The number of rotatable bonds is 4. The van der Waals surface area contributed by atoms with Crippen molar-refractivity contribution < 1.29 is 22.7 Å². The van der Waals surface area contributed by atoms with Gasteiger partial charge in [-0.3, -0.25) is 0 Å². The average Bonchev–Trinajstić information content (AvgIpc) is 2.97. The number of allylic oxidation sites excluding steroid dienone is 2. The van der Waals surface area contributed by atoms with Crippen molar-refractivity contribution in [2.24, 2.45) is 0 Å². The lowest BCUT2D eigenvalue weighted by molar-refractivity contribution is 0.177. The molecule has 2 aliphatic carbocycles. The van der Waals surface area contributed by atoms with E-state index in [1.807, 2.05) is 6.07 Å². The number of sulfone groups is 1. The van der Waals surface area contributed by atoms with Gasteiger partial charge in [0.05, 0.1) is 28.4 Å². The first-order chi connectivity index (χ1) is 11.9. The van der Waals surface area contributed by atoms with E-state index in [0.717, 1.165) is 0 Å². The Morgan fingerprint density at radius 2 is 2.20 bits per heavy atom. The molecular formula is C18H18FNO4S. The van der Waals surface area contributed by atoms with Crippen LogP contribution in [0, 0.1) is 11.3 Å². The van der Waals surface area contributed by atoms with Gasteiger partial charge in [-0.2, -0.15) is 5.26 Å². The first kappa shape index (κ1) is 17.6. The van der Waals surface area contributed by atoms with E-state index in [1.54, 1.807) is 13.0 Å². The highest BCUT2D eigenvalue weighted by Gasteiger charge is 2.32. The number of benzene rings is 1. The van der Waals surface area contributed by atoms with Crippen molar-refractivity contribution in [1.29, 1.82) is 5.26 Å². The van der Waals surface area contributed by atoms with E-state index in [1.165, 1.54) is 18.2 Å². The van der Waals surface area contributed by atoms with Crippen LogP contribution in [0.15, 0.2) is 40.6 Å². The van der Waals surface area contributed by atoms with Crippen LogP contribution in [0.5, 0.6) is 5.75 Å². The maximum atomic E-state index is 13.6. The lowest BCUT2D eigenvalue weighted by Gasteiger charge is -2.21. The van der Waals surface area contributed by atoms with Crippen molar-refractivity contribution in [1.82, 2.24) is 0 Å². The zero-order valence-corrected chi connectivity index (χ0v) is 14.5. The summed E-state index contributed by atoms with van der Waals surface area (Å²) in [6, 6.07) is 4.88. The Morgan fingerprint density at radius 3 is 2.88 bits per heavy atom. The second-order valence-electron chi connectivity index (χ2n) is 6.10. The normalized spacial score (nSPS) is 22.6. The molecule has 0 bridgehead atoms. The van der Waals surface area contributed by atoms with E-state index >= 15 is 0 Å². The van der Waals surface area contributed by atoms with Crippen molar-refractivity contribution in [2.75, 3.05) is 5.75 Å². The number of hydrogen-bond acceptors (Lipinski definition) is 5. The van der Waals surface area contributed by atoms with Gasteiger partial charge in [-0.05, 0) is 37.1 Å². The predicted molar refractivity (Wildman–Crippen MR) is 89.4 cm³/mol. The summed E-state index contributed by atoms with van der Waals surface area (Å²) in [4.78, 5) is 0.130. The number of hydrogen-bond donors (Lipinski definition) is 1. The summed E-state index contributed by atoms with van der Waals surface area (Å²) in [5.41, 5.74) is 1.22. The van der Waals surface area contributed by atoms with Gasteiger partial charge in [0.2, 0.25) is 0 Å². The first-order valence-corrected chi connectivity index (χ1v) is 9.72. The molecule has 0 aromatic heterocycles. The van der Waals surface area contributed by atoms with E-state index in [9.17, 15) is 17.9 Å². The lowest BCUT2D eigenvalue weighted by Crippen LogP contribution is -2.18. The van der Waals surface area contributed by atoms with Gasteiger partial charge in [0.1, 0.15) is 17.7 Å². The summed E-state index contributed by atoms with van der Waals surface area (Å²) < 4.78 is 44.0. The van der Waals surface area contributed by atoms with Crippen molar-refractivity contribution >= 4 is 9.84 Å². The minimum absolute atomic E-state index is 0.0114. The molecule has 7 heteroatoms. The van der Waals surface area contributed by atoms with E-state index in [2.05, 4.69) is 0 Å². The van der Waals surface area contributed by atoms with E-state index in [0.29, 0.717) is 29.7 Å². The highest BCUT2D eigenvalue weighted by Crippen LogP contribution is 2.42. The van der Waals surface area contributed by atoms with Gasteiger partial charge in [0.15, 0.2) is 9.84 Å². The van der Waals surface area contributed by atoms with Crippen LogP contribution in [-0.2, 0) is 16.3 Å². The molecule has 1 aromatic carbocycles. The Hall–Kier alpha value is -2.17. The molecule has 0 heterocycles. The Bertz CT molecular complexity index is 912. The van der Waals surface area contributed by atoms with Gasteiger partial charge >= 0.3 is 0 Å². The highest BCUT2D eigenvalue weighted by atomic mass is 32.2. The fraction of sp³-hybridized carbons (Fsp3) is 0.389. The van der Waals surface area contributed by atoms with Crippen LogP contribution in [0.1, 0.15) is 37.0 Å². The maximum Gasteiger partial charge on any atom is 0.178 e. The van der Waals surface area contributed by atoms with Gasteiger partial charge in [0, 0.05) is 17.5 Å². The van der Waals surface area contributed by atoms with E-state index in [-0.39, 0.29) is 22.6 Å². The lowest BCUT2D eigenvalue weighted by atomic mass is 10.0. The van der Waals surface area contributed by atoms with Crippen LogP contribution >= 0.6 is 0 Å². The van der Waals surface area contributed by atoms with Crippen molar-refractivity contribution in [3.63, 3.8) is 0 Å². The third kappa shape index (κ3) is 3.32. The number of halogens is 1. The summed E-state index contributed by atoms with van der Waals surface area (Å²) in [6.07, 6.45) is 2.12. The van der Waals surface area contributed by atoms with Gasteiger partial charge in [-0.1, -0.05) is 6.92 Å². The molecule has 1 N–H and O–H groups in total. The van der Waals surface area contributed by atoms with Crippen molar-refractivity contribution in [2.45, 2.75) is 43.3 Å².